The molecule has 0 saturated carbocycles. The van der Waals surface area contributed by atoms with E-state index in [1.807, 2.05) is 7.05 Å². The molecule has 100 valence electrons. The molecule has 18 heavy (non-hydrogen) atoms. The smallest absolute Gasteiger partial charge is 0.369 e. The normalized spacial score (nSPS) is 21.1. The first-order valence-corrected chi connectivity index (χ1v) is 5.96. The summed E-state index contributed by atoms with van der Waals surface area (Å²) >= 11 is 0. The average molecular weight is 259 g/mol. The van der Waals surface area contributed by atoms with Crippen molar-refractivity contribution in [1.82, 2.24) is 10.3 Å². The second-order valence-corrected chi connectivity index (χ2v) is 4.47. The van der Waals surface area contributed by atoms with Crippen molar-refractivity contribution in [3.8, 4) is 0 Å². The van der Waals surface area contributed by atoms with Crippen LogP contribution in [0.4, 0.5) is 18.9 Å². The van der Waals surface area contributed by atoms with Crippen molar-refractivity contribution in [2.75, 3.05) is 25.0 Å². The molecule has 0 bridgehead atoms. The van der Waals surface area contributed by atoms with E-state index >= 15 is 0 Å². The molecular weight excluding hydrogens is 243 g/mol. The fourth-order valence-electron chi connectivity index (χ4n) is 2.19. The highest BCUT2D eigenvalue weighted by atomic mass is 19.4. The minimum absolute atomic E-state index is 0.390. The summed E-state index contributed by atoms with van der Waals surface area (Å²) in [5, 5.41) is 3.20. The molecule has 0 aromatic carbocycles. The first kappa shape index (κ1) is 13.1. The number of nitrogens with one attached hydrogen (secondary N) is 1. The Hall–Kier alpha value is -1.30. The molecule has 1 atom stereocenters. The Morgan fingerprint density at radius 1 is 1.39 bits per heavy atom. The molecule has 3 nitrogen and oxygen atoms in total. The molecule has 1 aliphatic heterocycles. The molecule has 1 N–H and O–H groups in total. The standard InChI is InChI=1S/C12H16F3N3/c1-16-9-3-2-6-18(8-9)10-4-5-11(17-7-10)12(13,14)15/h4-5,7,9,16H,2-3,6,8H2,1H3. The number of pyridine rings is 1. The third kappa shape index (κ3) is 2.93. The first-order chi connectivity index (χ1) is 8.50. The van der Waals surface area contributed by atoms with E-state index in [4.69, 9.17) is 0 Å². The lowest BCUT2D eigenvalue weighted by Crippen LogP contribution is -2.44. The summed E-state index contributed by atoms with van der Waals surface area (Å²) in [6, 6.07) is 2.92. The highest BCUT2D eigenvalue weighted by Gasteiger charge is 2.32. The summed E-state index contributed by atoms with van der Waals surface area (Å²) in [4.78, 5) is 5.56. The molecule has 1 fully saturated rings. The molecule has 0 amide bonds. The number of anilines is 1. The number of nitrogens with zero attached hydrogens (tertiary/aromatic N) is 2. The zero-order valence-corrected chi connectivity index (χ0v) is 10.2. The molecule has 1 saturated heterocycles. The van der Waals surface area contributed by atoms with E-state index in [0.29, 0.717) is 6.04 Å². The summed E-state index contributed by atoms with van der Waals surface area (Å²) in [7, 11) is 1.90. The lowest BCUT2D eigenvalue weighted by molar-refractivity contribution is -0.141. The van der Waals surface area contributed by atoms with E-state index in [1.165, 1.54) is 12.3 Å². The topological polar surface area (TPSA) is 28.2 Å². The van der Waals surface area contributed by atoms with Gasteiger partial charge in [-0.2, -0.15) is 13.2 Å². The number of alkyl halides is 3. The molecule has 2 rings (SSSR count). The van der Waals surface area contributed by atoms with Gasteiger partial charge in [0.05, 0.1) is 11.9 Å². The molecule has 0 aliphatic carbocycles. The minimum Gasteiger partial charge on any atom is -0.369 e. The van der Waals surface area contributed by atoms with Crippen molar-refractivity contribution in [3.05, 3.63) is 24.0 Å². The third-order valence-corrected chi connectivity index (χ3v) is 3.23. The second kappa shape index (κ2) is 5.14. The summed E-state index contributed by atoms with van der Waals surface area (Å²) in [5.74, 6) is 0. The van der Waals surface area contributed by atoms with E-state index in [1.54, 1.807) is 0 Å². The maximum Gasteiger partial charge on any atom is 0.433 e. The molecule has 2 heterocycles. The largest absolute Gasteiger partial charge is 0.433 e. The zero-order valence-electron chi connectivity index (χ0n) is 10.2. The van der Waals surface area contributed by atoms with Crippen molar-refractivity contribution >= 4 is 5.69 Å². The van der Waals surface area contributed by atoms with Gasteiger partial charge in [-0.25, -0.2) is 4.98 Å². The summed E-state index contributed by atoms with van der Waals surface area (Å²) in [6.45, 7) is 1.68. The van der Waals surface area contributed by atoms with Gasteiger partial charge >= 0.3 is 6.18 Å². The molecule has 1 aromatic heterocycles. The van der Waals surface area contributed by atoms with Crippen molar-refractivity contribution < 1.29 is 13.2 Å². The molecule has 0 radical (unpaired) electrons. The Labute approximate surface area is 104 Å². The second-order valence-electron chi connectivity index (χ2n) is 4.47. The molecule has 6 heteroatoms. The fraction of sp³-hybridized carbons (Fsp3) is 0.583. The van der Waals surface area contributed by atoms with E-state index in [9.17, 15) is 13.2 Å². The molecule has 0 spiro atoms. The van der Waals surface area contributed by atoms with Crippen molar-refractivity contribution in [2.45, 2.75) is 25.1 Å². The van der Waals surface area contributed by atoms with Crippen LogP contribution in [0, 0.1) is 0 Å². The SMILES string of the molecule is CNC1CCCN(c2ccc(C(F)(F)F)nc2)C1. The van der Waals surface area contributed by atoms with Gasteiger partial charge in [0, 0.05) is 19.1 Å². The van der Waals surface area contributed by atoms with Crippen LogP contribution in [0.1, 0.15) is 18.5 Å². The number of hydrogen-bond acceptors (Lipinski definition) is 3. The first-order valence-electron chi connectivity index (χ1n) is 5.96. The number of halogens is 3. The van der Waals surface area contributed by atoms with E-state index in [-0.39, 0.29) is 0 Å². The van der Waals surface area contributed by atoms with Gasteiger partial charge in [0.15, 0.2) is 0 Å². The number of aromatic nitrogens is 1. The number of likely N-dealkylation sites (N-methyl/N-ethyl adjacent to an activating group) is 1. The van der Waals surface area contributed by atoms with Gasteiger partial charge in [-0.1, -0.05) is 0 Å². The highest BCUT2D eigenvalue weighted by molar-refractivity contribution is 5.45. The van der Waals surface area contributed by atoms with Crippen molar-refractivity contribution in [2.24, 2.45) is 0 Å². The van der Waals surface area contributed by atoms with E-state index in [0.717, 1.165) is 37.7 Å². The van der Waals surface area contributed by atoms with Crippen LogP contribution in [0.3, 0.4) is 0 Å². The van der Waals surface area contributed by atoms with Crippen LogP contribution in [-0.4, -0.2) is 31.2 Å². The molecular formula is C12H16F3N3. The molecule has 1 aliphatic rings. The number of rotatable bonds is 2. The summed E-state index contributed by atoms with van der Waals surface area (Å²) in [6.07, 6.45) is -0.928. The van der Waals surface area contributed by atoms with Gasteiger partial charge < -0.3 is 10.2 Å². The van der Waals surface area contributed by atoms with E-state index < -0.39 is 11.9 Å². The van der Waals surface area contributed by atoms with Gasteiger partial charge in [-0.15, -0.1) is 0 Å². The van der Waals surface area contributed by atoms with Crippen LogP contribution >= 0.6 is 0 Å². The van der Waals surface area contributed by atoms with Crippen LogP contribution in [0.25, 0.3) is 0 Å². The maximum absolute atomic E-state index is 12.4. The van der Waals surface area contributed by atoms with Crippen molar-refractivity contribution in [1.29, 1.82) is 0 Å². The predicted molar refractivity (Wildman–Crippen MR) is 63.5 cm³/mol. The van der Waals surface area contributed by atoms with Gasteiger partial charge in [0.1, 0.15) is 5.69 Å². The minimum atomic E-state index is -4.37. The summed E-state index contributed by atoms with van der Waals surface area (Å²) in [5.41, 5.74) is -0.0867. The fourth-order valence-corrected chi connectivity index (χ4v) is 2.19. The third-order valence-electron chi connectivity index (χ3n) is 3.23. The average Bonchev–Trinajstić information content (AvgIpc) is 2.38. The predicted octanol–water partition coefficient (Wildman–Crippen LogP) is 2.29. The Morgan fingerprint density at radius 2 is 2.17 bits per heavy atom. The van der Waals surface area contributed by atoms with Crippen LogP contribution in [0.15, 0.2) is 18.3 Å². The molecule has 1 aromatic rings. The summed E-state index contributed by atoms with van der Waals surface area (Å²) < 4.78 is 37.2. The lowest BCUT2D eigenvalue weighted by atomic mass is 10.1. The van der Waals surface area contributed by atoms with Crippen LogP contribution in [-0.2, 0) is 6.18 Å². The quantitative estimate of drug-likeness (QED) is 0.883. The van der Waals surface area contributed by atoms with Gasteiger partial charge in [0.2, 0.25) is 0 Å². The maximum atomic E-state index is 12.4. The Kier molecular flexibility index (Phi) is 3.75. The number of hydrogen-bond donors (Lipinski definition) is 1. The highest BCUT2D eigenvalue weighted by Crippen LogP contribution is 2.29. The Morgan fingerprint density at radius 3 is 2.72 bits per heavy atom. The lowest BCUT2D eigenvalue weighted by Gasteiger charge is -2.34. The van der Waals surface area contributed by atoms with Crippen LogP contribution in [0.5, 0.6) is 0 Å². The Bertz CT molecular complexity index is 389. The van der Waals surface area contributed by atoms with Gasteiger partial charge in [0.25, 0.3) is 0 Å². The van der Waals surface area contributed by atoms with Crippen molar-refractivity contribution in [3.63, 3.8) is 0 Å². The zero-order chi connectivity index (χ0) is 13.2. The van der Waals surface area contributed by atoms with E-state index in [2.05, 4.69) is 15.2 Å². The molecule has 1 unspecified atom stereocenters. The van der Waals surface area contributed by atoms with Gasteiger partial charge in [-0.3, -0.25) is 0 Å². The van der Waals surface area contributed by atoms with Crippen LogP contribution in [0.2, 0.25) is 0 Å². The Balaban J connectivity index is 2.09. The number of piperidine rings is 1. The monoisotopic (exact) mass is 259 g/mol. The van der Waals surface area contributed by atoms with Gasteiger partial charge in [-0.05, 0) is 32.0 Å². The van der Waals surface area contributed by atoms with Crippen LogP contribution < -0.4 is 10.2 Å².